The molecule has 0 aliphatic carbocycles. The highest BCUT2D eigenvalue weighted by Crippen LogP contribution is 2.38. The Labute approximate surface area is 385 Å². The first-order valence-corrected chi connectivity index (χ1v) is 21.6. The fraction of sp³-hybridized carbons (Fsp3) is 0.0678. The summed E-state index contributed by atoms with van der Waals surface area (Å²) in [4.78, 5) is 4.40. The lowest BCUT2D eigenvalue weighted by molar-refractivity contribution is 0.414. The molecular formula is C59H47N3O4. The van der Waals surface area contributed by atoms with Gasteiger partial charge in [0.1, 0.15) is 29.1 Å². The maximum atomic E-state index is 10.5. The molecule has 0 amide bonds. The second-order valence-corrected chi connectivity index (χ2v) is 15.6. The Morgan fingerprint density at radius 1 is 0.333 bits per heavy atom. The van der Waals surface area contributed by atoms with Crippen LogP contribution in [0.25, 0.3) is 45.8 Å². The molecule has 0 N–H and O–H groups in total. The summed E-state index contributed by atoms with van der Waals surface area (Å²) in [5, 5.41) is 14.4. The van der Waals surface area contributed by atoms with E-state index in [0.29, 0.717) is 5.56 Å². The van der Waals surface area contributed by atoms with Crippen molar-refractivity contribution in [1.29, 1.82) is 5.26 Å². The van der Waals surface area contributed by atoms with E-state index in [2.05, 4.69) is 180 Å². The number of hydrogen-bond donors (Lipinski definition) is 0. The predicted octanol–water partition coefficient (Wildman–Crippen LogP) is 15.2. The average molecular weight is 862 g/mol. The van der Waals surface area contributed by atoms with Gasteiger partial charge in [-0.1, -0.05) is 72.8 Å². The molecule has 0 aromatic heterocycles. The van der Waals surface area contributed by atoms with Gasteiger partial charge in [0.05, 0.1) is 34.0 Å². The number of rotatable bonds is 14. The molecule has 0 fully saturated rings. The fourth-order valence-corrected chi connectivity index (χ4v) is 8.16. The lowest BCUT2D eigenvalue weighted by Crippen LogP contribution is -2.09. The monoisotopic (exact) mass is 861 g/mol. The Kier molecular flexibility index (Phi) is 12.5. The summed E-state index contributed by atoms with van der Waals surface area (Å²) in [6.07, 6.45) is 8.44. The van der Waals surface area contributed by atoms with Crippen molar-refractivity contribution >= 4 is 80.0 Å². The third-order valence-electron chi connectivity index (χ3n) is 11.7. The number of anilines is 6. The van der Waals surface area contributed by atoms with E-state index in [9.17, 15) is 5.26 Å². The van der Waals surface area contributed by atoms with Crippen molar-refractivity contribution in [2.75, 3.05) is 38.2 Å². The van der Waals surface area contributed by atoms with Gasteiger partial charge in [0.25, 0.3) is 0 Å². The maximum absolute atomic E-state index is 10.5. The Balaban J connectivity index is 0.931. The van der Waals surface area contributed by atoms with Crippen LogP contribution in [-0.2, 0) is 0 Å². The third-order valence-corrected chi connectivity index (χ3v) is 11.7. The van der Waals surface area contributed by atoms with Crippen molar-refractivity contribution < 1.29 is 18.9 Å². The van der Waals surface area contributed by atoms with Gasteiger partial charge >= 0.3 is 0 Å². The number of fused-ring (bicyclic) bond motifs is 2. The van der Waals surface area contributed by atoms with Crippen LogP contribution >= 0.6 is 0 Å². The molecule has 0 radical (unpaired) electrons. The molecule has 0 aliphatic heterocycles. The molecular weight excluding hydrogens is 815 g/mol. The van der Waals surface area contributed by atoms with Gasteiger partial charge < -0.3 is 28.7 Å². The Bertz CT molecular complexity index is 3110. The van der Waals surface area contributed by atoms with Crippen LogP contribution in [0.2, 0.25) is 0 Å². The van der Waals surface area contributed by atoms with Crippen molar-refractivity contribution in [3.8, 4) is 29.1 Å². The lowest BCUT2D eigenvalue weighted by atomic mass is 9.94. The molecule has 0 heterocycles. The van der Waals surface area contributed by atoms with Gasteiger partial charge in [-0.25, -0.2) is 0 Å². The van der Waals surface area contributed by atoms with Crippen LogP contribution in [0.3, 0.4) is 0 Å². The van der Waals surface area contributed by atoms with E-state index in [-0.39, 0.29) is 0 Å². The van der Waals surface area contributed by atoms with Crippen molar-refractivity contribution in [2.24, 2.45) is 0 Å². The predicted molar refractivity (Wildman–Crippen MR) is 272 cm³/mol. The Morgan fingerprint density at radius 2 is 0.652 bits per heavy atom. The topological polar surface area (TPSA) is 67.2 Å². The second kappa shape index (κ2) is 19.3. The molecule has 0 spiro atoms. The van der Waals surface area contributed by atoms with E-state index >= 15 is 0 Å². The number of nitriles is 1. The SMILES string of the molecule is COc1ccc(N(c2ccc(/C=C/c3ccc4c(C#N)c5cc(/C=C/c6ccc(N(c7ccc(OC)cc7)c7ccc(OC)cc7)cc6)ccc5cc4c3)cc2)c2ccc(OC)cc2)cc1. The molecule has 0 saturated heterocycles. The molecule has 0 aliphatic rings. The Morgan fingerprint density at radius 3 is 1.02 bits per heavy atom. The van der Waals surface area contributed by atoms with Crippen LogP contribution in [0.4, 0.5) is 34.1 Å². The zero-order valence-electron chi connectivity index (χ0n) is 37.2. The number of methoxy groups -OCH3 is 4. The summed E-state index contributed by atoms with van der Waals surface area (Å²) in [6, 6.07) is 66.4. The molecule has 9 aromatic carbocycles. The van der Waals surface area contributed by atoms with E-state index < -0.39 is 0 Å². The van der Waals surface area contributed by atoms with Crippen molar-refractivity contribution in [1.82, 2.24) is 0 Å². The van der Waals surface area contributed by atoms with Crippen molar-refractivity contribution in [3.63, 3.8) is 0 Å². The van der Waals surface area contributed by atoms with Crippen molar-refractivity contribution in [3.05, 3.63) is 216 Å². The first-order chi connectivity index (χ1) is 32.4. The second-order valence-electron chi connectivity index (χ2n) is 15.6. The minimum Gasteiger partial charge on any atom is -0.497 e. The van der Waals surface area contributed by atoms with Gasteiger partial charge in [-0.05, 0) is 173 Å². The Hall–Kier alpha value is -8.73. The van der Waals surface area contributed by atoms with E-state index in [1.54, 1.807) is 28.4 Å². The zero-order chi connectivity index (χ0) is 45.4. The normalized spacial score (nSPS) is 11.2. The molecule has 7 heteroatoms. The molecule has 0 saturated carbocycles. The summed E-state index contributed by atoms with van der Waals surface area (Å²) < 4.78 is 21.7. The smallest absolute Gasteiger partial charge is 0.119 e. The van der Waals surface area contributed by atoms with Crippen molar-refractivity contribution in [2.45, 2.75) is 0 Å². The van der Waals surface area contributed by atoms with Gasteiger partial charge in [-0.15, -0.1) is 0 Å². The van der Waals surface area contributed by atoms with Crippen LogP contribution < -0.4 is 28.7 Å². The highest BCUT2D eigenvalue weighted by atomic mass is 16.5. The average Bonchev–Trinajstić information content (AvgIpc) is 3.38. The van der Waals surface area contributed by atoms with Gasteiger partial charge in [-0.2, -0.15) is 5.26 Å². The lowest BCUT2D eigenvalue weighted by Gasteiger charge is -2.26. The number of benzene rings is 9. The molecule has 0 bridgehead atoms. The maximum Gasteiger partial charge on any atom is 0.119 e. The van der Waals surface area contributed by atoms with Crippen LogP contribution in [0.15, 0.2) is 188 Å². The standard InChI is InChI=1S/C59H47N3O4/c1-63-53-28-20-49(21-29-53)61(50-22-30-54(64-2)31-23-50)47-16-10-41(11-17-47)5-7-43-14-36-57-46(37-43)39-45-15-9-44(38-58(45)59(57)40-60)8-6-42-12-18-48(19-13-42)62(51-24-32-55(65-3)33-25-51)52-26-34-56(66-4)35-27-52/h5-39H,1-4H3/b7-5+,8-6+. The molecule has 322 valence electrons. The summed E-state index contributed by atoms with van der Waals surface area (Å²) in [7, 11) is 6.69. The van der Waals surface area contributed by atoms with Gasteiger partial charge in [-0.3, -0.25) is 0 Å². The van der Waals surface area contributed by atoms with E-state index in [0.717, 1.165) is 101 Å². The number of nitrogens with zero attached hydrogens (tertiary/aromatic N) is 3. The minimum absolute atomic E-state index is 0.670. The van der Waals surface area contributed by atoms with Gasteiger partial charge in [0.2, 0.25) is 0 Å². The molecule has 0 atom stereocenters. The molecule has 0 unspecified atom stereocenters. The highest BCUT2D eigenvalue weighted by molar-refractivity contribution is 6.05. The van der Waals surface area contributed by atoms with Crippen LogP contribution in [0.5, 0.6) is 23.0 Å². The van der Waals surface area contributed by atoms with E-state index in [1.807, 2.05) is 48.5 Å². The summed E-state index contributed by atoms with van der Waals surface area (Å²) >= 11 is 0. The van der Waals surface area contributed by atoms with E-state index in [1.165, 1.54) is 0 Å². The van der Waals surface area contributed by atoms with E-state index in [4.69, 9.17) is 18.9 Å². The van der Waals surface area contributed by atoms with Gasteiger partial charge in [0.15, 0.2) is 0 Å². The first-order valence-electron chi connectivity index (χ1n) is 21.6. The quantitative estimate of drug-likeness (QED) is 0.0797. The fourth-order valence-electron chi connectivity index (χ4n) is 8.16. The molecule has 9 rings (SSSR count). The first kappa shape index (κ1) is 42.6. The molecule has 9 aromatic rings. The third kappa shape index (κ3) is 9.17. The number of hydrogen-bond acceptors (Lipinski definition) is 7. The number of ether oxygens (including phenoxy) is 4. The largest absolute Gasteiger partial charge is 0.497 e. The van der Waals surface area contributed by atoms with Gasteiger partial charge in [0, 0.05) is 44.9 Å². The van der Waals surface area contributed by atoms with Crippen LogP contribution in [-0.4, -0.2) is 28.4 Å². The summed E-state index contributed by atoms with van der Waals surface area (Å²) in [5.41, 5.74) is 11.0. The van der Waals surface area contributed by atoms with Crippen LogP contribution in [0.1, 0.15) is 27.8 Å². The summed E-state index contributed by atoms with van der Waals surface area (Å²) in [5.74, 6) is 3.21. The van der Waals surface area contributed by atoms with Crippen LogP contribution in [0, 0.1) is 11.3 Å². The zero-order valence-corrected chi connectivity index (χ0v) is 37.2. The molecule has 7 nitrogen and oxygen atoms in total. The summed E-state index contributed by atoms with van der Waals surface area (Å²) in [6.45, 7) is 0. The minimum atomic E-state index is 0.670. The molecule has 66 heavy (non-hydrogen) atoms. The highest BCUT2D eigenvalue weighted by Gasteiger charge is 2.15.